The van der Waals surface area contributed by atoms with E-state index in [2.05, 4.69) is 32.2 Å². The number of fused-ring (bicyclic) bond motifs is 1. The number of benzene rings is 1. The first-order chi connectivity index (χ1) is 7.20. The molecule has 0 aliphatic carbocycles. The van der Waals surface area contributed by atoms with Gasteiger partial charge in [-0.1, -0.05) is 6.07 Å². The lowest BCUT2D eigenvalue weighted by molar-refractivity contribution is 1.24. The molecule has 1 nitrogen and oxygen atoms in total. The first-order valence-corrected chi connectivity index (χ1v) is 7.27. The van der Waals surface area contributed by atoms with Crippen LogP contribution in [0.4, 0.5) is 5.69 Å². The Labute approximate surface area is 99.8 Å². The normalized spacial score (nSPS) is 15.5. The smallest absolute Gasteiger partial charge is 0.0780 e. The summed E-state index contributed by atoms with van der Waals surface area (Å²) >= 11 is 3.71. The molecule has 15 heavy (non-hydrogen) atoms. The number of nitrogens with zero attached hydrogens (tertiary/aromatic N) is 1. The Morgan fingerprint density at radius 2 is 2.13 bits per heavy atom. The fourth-order valence-corrected chi connectivity index (χ4v) is 3.44. The van der Waals surface area contributed by atoms with Gasteiger partial charge in [-0.2, -0.15) is 0 Å². The molecule has 1 aromatic carbocycles. The molecule has 0 radical (unpaired) electrons. The van der Waals surface area contributed by atoms with Crippen LogP contribution in [0.15, 0.2) is 22.0 Å². The highest BCUT2D eigenvalue weighted by atomic mass is 32.2. The average molecular weight is 237 g/mol. The molecule has 1 aliphatic rings. The van der Waals surface area contributed by atoms with Crippen LogP contribution in [0.1, 0.15) is 17.5 Å². The van der Waals surface area contributed by atoms with Crippen LogP contribution >= 0.6 is 23.5 Å². The van der Waals surface area contributed by atoms with E-state index >= 15 is 0 Å². The first-order valence-electron chi connectivity index (χ1n) is 5.06. The predicted molar refractivity (Wildman–Crippen MR) is 71.9 cm³/mol. The summed E-state index contributed by atoms with van der Waals surface area (Å²) in [7, 11) is 0. The Hall–Kier alpha value is -0.410. The largest absolute Gasteiger partial charge is 0.245 e. The molecule has 0 saturated carbocycles. The van der Waals surface area contributed by atoms with Crippen LogP contribution in [0.2, 0.25) is 0 Å². The van der Waals surface area contributed by atoms with Crippen LogP contribution in [0.25, 0.3) is 0 Å². The number of aliphatic imine (C=N–C) groups is 1. The highest BCUT2D eigenvalue weighted by Crippen LogP contribution is 2.37. The lowest BCUT2D eigenvalue weighted by Crippen LogP contribution is -1.90. The minimum atomic E-state index is 1.10. The summed E-state index contributed by atoms with van der Waals surface area (Å²) in [5.41, 5.74) is 3.83. The predicted octanol–water partition coefficient (Wildman–Crippen LogP) is 4.19. The van der Waals surface area contributed by atoms with Gasteiger partial charge in [0.2, 0.25) is 0 Å². The van der Waals surface area contributed by atoms with Crippen LogP contribution in [0.5, 0.6) is 0 Å². The molecule has 1 aliphatic heterocycles. The van der Waals surface area contributed by atoms with Crippen molar-refractivity contribution in [3.63, 3.8) is 0 Å². The second-order valence-corrected chi connectivity index (χ2v) is 5.72. The highest BCUT2D eigenvalue weighted by molar-refractivity contribution is 8.13. The zero-order valence-corrected chi connectivity index (χ0v) is 11.0. The zero-order chi connectivity index (χ0) is 10.8. The molecule has 3 heteroatoms. The van der Waals surface area contributed by atoms with E-state index in [0.717, 1.165) is 12.2 Å². The maximum Gasteiger partial charge on any atom is 0.0780 e. The summed E-state index contributed by atoms with van der Waals surface area (Å²) in [4.78, 5) is 6.10. The topological polar surface area (TPSA) is 12.4 Å². The molecule has 0 aromatic heterocycles. The Morgan fingerprint density at radius 1 is 1.33 bits per heavy atom. The fourth-order valence-electron chi connectivity index (χ4n) is 1.78. The molecule has 2 rings (SSSR count). The Balaban J connectivity index is 2.53. The summed E-state index contributed by atoms with van der Waals surface area (Å²) in [6.07, 6.45) is 3.20. The van der Waals surface area contributed by atoms with E-state index in [9.17, 15) is 0 Å². The van der Waals surface area contributed by atoms with Gasteiger partial charge in [0.15, 0.2) is 0 Å². The van der Waals surface area contributed by atoms with Crippen LogP contribution in [-0.2, 0) is 0 Å². The Bertz CT molecular complexity index is 410. The van der Waals surface area contributed by atoms with Crippen molar-refractivity contribution in [2.75, 3.05) is 12.0 Å². The Morgan fingerprint density at radius 3 is 2.87 bits per heavy atom. The second-order valence-electron chi connectivity index (χ2n) is 3.74. The van der Waals surface area contributed by atoms with Gasteiger partial charge in [-0.3, -0.25) is 0 Å². The number of rotatable bonds is 0. The van der Waals surface area contributed by atoms with Crippen molar-refractivity contribution in [1.29, 1.82) is 0 Å². The van der Waals surface area contributed by atoms with Crippen molar-refractivity contribution in [1.82, 2.24) is 0 Å². The van der Waals surface area contributed by atoms with Gasteiger partial charge in [0.25, 0.3) is 0 Å². The third kappa shape index (κ3) is 2.40. The van der Waals surface area contributed by atoms with Crippen LogP contribution in [0, 0.1) is 13.8 Å². The van der Waals surface area contributed by atoms with Gasteiger partial charge in [-0.05, 0) is 37.3 Å². The average Bonchev–Trinajstić information content (AvgIpc) is 2.39. The van der Waals surface area contributed by atoms with Gasteiger partial charge >= 0.3 is 0 Å². The lowest BCUT2D eigenvalue weighted by atomic mass is 10.1. The van der Waals surface area contributed by atoms with Gasteiger partial charge in [0.1, 0.15) is 0 Å². The molecule has 0 spiro atoms. The van der Waals surface area contributed by atoms with E-state index in [4.69, 9.17) is 4.99 Å². The lowest BCUT2D eigenvalue weighted by Gasteiger charge is -2.07. The number of thioether (sulfide) groups is 2. The summed E-state index contributed by atoms with van der Waals surface area (Å²) in [6.45, 7) is 4.32. The van der Waals surface area contributed by atoms with Crippen LogP contribution in [0.3, 0.4) is 0 Å². The monoisotopic (exact) mass is 237 g/mol. The molecular weight excluding hydrogens is 222 g/mol. The quantitative estimate of drug-likeness (QED) is 0.670. The fraction of sp³-hybridized carbons (Fsp3) is 0.417. The summed E-state index contributed by atoms with van der Waals surface area (Å²) in [5.74, 6) is 1.15. The van der Waals surface area contributed by atoms with Crippen LogP contribution in [-0.4, -0.2) is 17.1 Å². The maximum absolute atomic E-state index is 4.74. The van der Waals surface area contributed by atoms with E-state index in [-0.39, 0.29) is 0 Å². The minimum Gasteiger partial charge on any atom is -0.245 e. The molecule has 0 atom stereocenters. The number of hydrogen-bond acceptors (Lipinski definition) is 3. The molecule has 1 heterocycles. The van der Waals surface area contributed by atoms with Gasteiger partial charge in [0.05, 0.1) is 10.7 Å². The van der Waals surface area contributed by atoms with E-state index in [1.807, 2.05) is 11.8 Å². The van der Waals surface area contributed by atoms with Gasteiger partial charge in [-0.15, -0.1) is 23.5 Å². The van der Waals surface area contributed by atoms with Crippen molar-refractivity contribution in [3.05, 3.63) is 23.3 Å². The standard InChI is InChI=1S/C12H15NS2/c1-8-6-9(2)12-10(7-8)13-11(14-3)4-5-15-12/h6-7H,4-5H2,1-3H3. The minimum absolute atomic E-state index is 1.10. The molecule has 0 bridgehead atoms. The van der Waals surface area contributed by atoms with E-state index in [0.29, 0.717) is 0 Å². The Kier molecular flexibility index (Phi) is 3.42. The molecule has 0 fully saturated rings. The highest BCUT2D eigenvalue weighted by Gasteiger charge is 2.12. The third-order valence-electron chi connectivity index (χ3n) is 2.44. The summed E-state index contributed by atoms with van der Waals surface area (Å²) in [6, 6.07) is 4.43. The maximum atomic E-state index is 4.74. The molecule has 0 N–H and O–H groups in total. The van der Waals surface area contributed by atoms with Crippen molar-refractivity contribution in [2.45, 2.75) is 25.2 Å². The van der Waals surface area contributed by atoms with Gasteiger partial charge in [-0.25, -0.2) is 4.99 Å². The van der Waals surface area contributed by atoms with Crippen molar-refractivity contribution in [3.8, 4) is 0 Å². The SMILES string of the molecule is CSC1=Nc2cc(C)cc(C)c2SCC1. The van der Waals surface area contributed by atoms with E-state index in [1.165, 1.54) is 26.8 Å². The van der Waals surface area contributed by atoms with Crippen molar-refractivity contribution >= 4 is 34.3 Å². The van der Waals surface area contributed by atoms with Crippen LogP contribution < -0.4 is 0 Å². The van der Waals surface area contributed by atoms with E-state index < -0.39 is 0 Å². The van der Waals surface area contributed by atoms with E-state index in [1.54, 1.807) is 11.8 Å². The molecule has 0 saturated heterocycles. The molecule has 1 aromatic rings. The molecule has 80 valence electrons. The number of hydrogen-bond donors (Lipinski definition) is 0. The third-order valence-corrected chi connectivity index (χ3v) is 4.44. The first kappa shape index (κ1) is 11.1. The van der Waals surface area contributed by atoms with Crippen molar-refractivity contribution < 1.29 is 0 Å². The molecule has 0 amide bonds. The van der Waals surface area contributed by atoms with Crippen molar-refractivity contribution in [2.24, 2.45) is 4.99 Å². The summed E-state index contributed by atoms with van der Waals surface area (Å²) in [5, 5.41) is 1.26. The van der Waals surface area contributed by atoms with Gasteiger partial charge in [0, 0.05) is 17.1 Å². The molecular formula is C12H15NS2. The second kappa shape index (κ2) is 4.62. The number of aryl methyl sites for hydroxylation is 2. The van der Waals surface area contributed by atoms with Gasteiger partial charge < -0.3 is 0 Å². The molecule has 0 unspecified atom stereocenters. The summed E-state index contributed by atoms with van der Waals surface area (Å²) < 4.78 is 0. The zero-order valence-electron chi connectivity index (χ0n) is 9.33.